The number of nitrogens with one attached hydrogen (secondary N) is 1. The second kappa shape index (κ2) is 4.87. The number of carboxylic acids is 1. The molecule has 2 N–H and O–H groups in total. The first-order valence-corrected chi connectivity index (χ1v) is 6.28. The van der Waals surface area contributed by atoms with Crippen LogP contribution in [0.1, 0.15) is 43.0 Å². The zero-order chi connectivity index (χ0) is 14.0. The lowest BCUT2D eigenvalue weighted by Gasteiger charge is -2.42. The average Bonchev–Trinajstić information content (AvgIpc) is 2.33. The maximum Gasteiger partial charge on any atom is 0.342 e. The first-order chi connectivity index (χ1) is 8.99. The molecular formula is C13H16N2O4. The average molecular weight is 264 g/mol. The van der Waals surface area contributed by atoms with Crippen LogP contribution in [0.5, 0.6) is 0 Å². The Morgan fingerprint density at radius 1 is 1.53 bits per heavy atom. The Hall–Kier alpha value is -2.11. The summed E-state index contributed by atoms with van der Waals surface area (Å²) in [5.74, 6) is -1.28. The minimum absolute atomic E-state index is 0.123. The molecule has 2 rings (SSSR count). The number of nitro benzene ring substituents is 1. The minimum atomic E-state index is -1.28. The van der Waals surface area contributed by atoms with Gasteiger partial charge in [-0.25, -0.2) is 4.79 Å². The standard InChI is InChI=1S/C13H16N2O4/c1-2-13(7-4-8-13)14-10-6-3-5-9(12(16)17)11(10)15(18)19/h3,5-6,14H,2,4,7-8H2,1H3,(H,16,17). The minimum Gasteiger partial charge on any atom is -0.477 e. The number of hydrogen-bond acceptors (Lipinski definition) is 4. The van der Waals surface area contributed by atoms with Crippen LogP contribution in [0.3, 0.4) is 0 Å². The van der Waals surface area contributed by atoms with E-state index in [1.54, 1.807) is 6.07 Å². The Bertz CT molecular complexity index is 518. The number of para-hydroxylation sites is 1. The van der Waals surface area contributed by atoms with Gasteiger partial charge in [-0.1, -0.05) is 13.0 Å². The second-order valence-electron chi connectivity index (χ2n) is 4.88. The number of rotatable bonds is 5. The van der Waals surface area contributed by atoms with Crippen molar-refractivity contribution in [1.82, 2.24) is 0 Å². The van der Waals surface area contributed by atoms with Crippen molar-refractivity contribution in [3.63, 3.8) is 0 Å². The number of carboxylic acid groups (broad SMARTS) is 1. The van der Waals surface area contributed by atoms with E-state index in [1.807, 2.05) is 6.92 Å². The largest absolute Gasteiger partial charge is 0.477 e. The molecule has 0 saturated heterocycles. The molecule has 0 heterocycles. The molecule has 1 fully saturated rings. The SMILES string of the molecule is CCC1(Nc2cccc(C(=O)O)c2[N+](=O)[O-])CCC1. The van der Waals surface area contributed by atoms with E-state index >= 15 is 0 Å². The van der Waals surface area contributed by atoms with Crippen molar-refractivity contribution < 1.29 is 14.8 Å². The van der Waals surface area contributed by atoms with Crippen molar-refractivity contribution in [2.24, 2.45) is 0 Å². The van der Waals surface area contributed by atoms with Gasteiger partial charge in [0.2, 0.25) is 0 Å². The number of hydrogen-bond donors (Lipinski definition) is 2. The summed E-state index contributed by atoms with van der Waals surface area (Å²) in [6.07, 6.45) is 3.87. The van der Waals surface area contributed by atoms with Crippen LogP contribution in [0, 0.1) is 10.1 Å². The summed E-state index contributed by atoms with van der Waals surface area (Å²) < 4.78 is 0. The van der Waals surface area contributed by atoms with Gasteiger partial charge in [0.25, 0.3) is 0 Å². The highest BCUT2D eigenvalue weighted by Crippen LogP contribution is 2.40. The number of aromatic carboxylic acids is 1. The third kappa shape index (κ3) is 2.38. The summed E-state index contributed by atoms with van der Waals surface area (Å²) in [6.45, 7) is 2.03. The Kier molecular flexibility index (Phi) is 3.42. The highest BCUT2D eigenvalue weighted by molar-refractivity contribution is 5.95. The lowest BCUT2D eigenvalue weighted by atomic mass is 9.74. The quantitative estimate of drug-likeness (QED) is 0.629. The first-order valence-electron chi connectivity index (χ1n) is 6.28. The fourth-order valence-electron chi connectivity index (χ4n) is 2.47. The molecule has 0 spiro atoms. The van der Waals surface area contributed by atoms with Crippen molar-refractivity contribution in [3.8, 4) is 0 Å². The van der Waals surface area contributed by atoms with Crippen molar-refractivity contribution in [2.75, 3.05) is 5.32 Å². The molecular weight excluding hydrogens is 248 g/mol. The van der Waals surface area contributed by atoms with Crippen LogP contribution in [-0.4, -0.2) is 21.5 Å². The molecule has 1 aromatic rings. The van der Waals surface area contributed by atoms with Crippen LogP contribution in [-0.2, 0) is 0 Å². The zero-order valence-corrected chi connectivity index (χ0v) is 10.7. The van der Waals surface area contributed by atoms with E-state index in [0.717, 1.165) is 25.7 Å². The van der Waals surface area contributed by atoms with Crippen molar-refractivity contribution in [1.29, 1.82) is 0 Å². The van der Waals surface area contributed by atoms with Gasteiger partial charge < -0.3 is 10.4 Å². The Morgan fingerprint density at radius 3 is 2.63 bits per heavy atom. The van der Waals surface area contributed by atoms with Crippen LogP contribution < -0.4 is 5.32 Å². The molecule has 0 atom stereocenters. The van der Waals surface area contributed by atoms with E-state index in [9.17, 15) is 14.9 Å². The predicted molar refractivity (Wildman–Crippen MR) is 70.6 cm³/mol. The lowest BCUT2D eigenvalue weighted by Crippen LogP contribution is -2.44. The summed E-state index contributed by atoms with van der Waals surface area (Å²) in [5, 5.41) is 23.3. The van der Waals surface area contributed by atoms with Crippen molar-refractivity contribution >= 4 is 17.3 Å². The van der Waals surface area contributed by atoms with Gasteiger partial charge in [0, 0.05) is 5.54 Å². The summed E-state index contributed by atoms with van der Waals surface area (Å²) in [6, 6.07) is 4.35. The predicted octanol–water partition coefficient (Wildman–Crippen LogP) is 3.04. The number of anilines is 1. The number of carbonyl (C=O) groups is 1. The van der Waals surface area contributed by atoms with E-state index < -0.39 is 10.9 Å². The molecule has 102 valence electrons. The van der Waals surface area contributed by atoms with Gasteiger partial charge >= 0.3 is 11.7 Å². The van der Waals surface area contributed by atoms with Gasteiger partial charge in [0.15, 0.2) is 0 Å². The Labute approximate surface area is 110 Å². The number of nitrogens with zero attached hydrogens (tertiary/aromatic N) is 1. The number of nitro groups is 1. The van der Waals surface area contributed by atoms with E-state index in [4.69, 9.17) is 5.11 Å². The van der Waals surface area contributed by atoms with Crippen LogP contribution >= 0.6 is 0 Å². The monoisotopic (exact) mass is 264 g/mol. The van der Waals surface area contributed by atoms with Gasteiger partial charge in [-0.05, 0) is 37.8 Å². The number of benzene rings is 1. The summed E-state index contributed by atoms with van der Waals surface area (Å²) in [5.41, 5.74) is -0.455. The Morgan fingerprint density at radius 2 is 2.21 bits per heavy atom. The van der Waals surface area contributed by atoms with Gasteiger partial charge in [-0.2, -0.15) is 0 Å². The maximum atomic E-state index is 11.1. The molecule has 0 bridgehead atoms. The molecule has 0 radical (unpaired) electrons. The van der Waals surface area contributed by atoms with E-state index in [1.165, 1.54) is 12.1 Å². The highest BCUT2D eigenvalue weighted by Gasteiger charge is 2.37. The topological polar surface area (TPSA) is 92.5 Å². The van der Waals surface area contributed by atoms with Gasteiger partial charge in [-0.15, -0.1) is 0 Å². The Balaban J connectivity index is 2.42. The molecule has 1 saturated carbocycles. The third-order valence-corrected chi connectivity index (χ3v) is 3.84. The summed E-state index contributed by atoms with van der Waals surface area (Å²) >= 11 is 0. The fourth-order valence-corrected chi connectivity index (χ4v) is 2.47. The molecule has 0 aromatic heterocycles. The van der Waals surface area contributed by atoms with E-state index in [-0.39, 0.29) is 16.8 Å². The second-order valence-corrected chi connectivity index (χ2v) is 4.88. The summed E-state index contributed by atoms with van der Waals surface area (Å²) in [7, 11) is 0. The van der Waals surface area contributed by atoms with Gasteiger partial charge in [0.05, 0.1) is 4.92 Å². The molecule has 0 unspecified atom stereocenters. The normalized spacial score (nSPS) is 16.5. The van der Waals surface area contributed by atoms with E-state index in [0.29, 0.717) is 5.69 Å². The maximum absolute atomic E-state index is 11.1. The lowest BCUT2D eigenvalue weighted by molar-refractivity contribution is -0.384. The fraction of sp³-hybridized carbons (Fsp3) is 0.462. The molecule has 0 aliphatic heterocycles. The molecule has 6 nitrogen and oxygen atoms in total. The van der Waals surface area contributed by atoms with Crippen LogP contribution in [0.2, 0.25) is 0 Å². The smallest absolute Gasteiger partial charge is 0.342 e. The first kappa shape index (κ1) is 13.3. The van der Waals surface area contributed by atoms with Crippen LogP contribution in [0.25, 0.3) is 0 Å². The van der Waals surface area contributed by atoms with E-state index in [2.05, 4.69) is 5.32 Å². The molecule has 19 heavy (non-hydrogen) atoms. The molecule has 1 aromatic carbocycles. The zero-order valence-electron chi connectivity index (χ0n) is 10.7. The third-order valence-electron chi connectivity index (χ3n) is 3.84. The summed E-state index contributed by atoms with van der Waals surface area (Å²) in [4.78, 5) is 21.6. The van der Waals surface area contributed by atoms with Gasteiger partial charge in [0.1, 0.15) is 11.3 Å². The van der Waals surface area contributed by atoms with Crippen LogP contribution in [0.15, 0.2) is 18.2 Å². The molecule has 6 heteroatoms. The van der Waals surface area contributed by atoms with Gasteiger partial charge in [-0.3, -0.25) is 10.1 Å². The molecule has 0 amide bonds. The van der Waals surface area contributed by atoms with Crippen molar-refractivity contribution in [2.45, 2.75) is 38.1 Å². The molecule has 1 aliphatic carbocycles. The van der Waals surface area contributed by atoms with Crippen molar-refractivity contribution in [3.05, 3.63) is 33.9 Å². The highest BCUT2D eigenvalue weighted by atomic mass is 16.6. The van der Waals surface area contributed by atoms with Crippen LogP contribution in [0.4, 0.5) is 11.4 Å². The molecule has 1 aliphatic rings.